The molecular formula is C12H16F7NO5. The number of hydrogen-bond acceptors (Lipinski definition) is 4. The molecule has 0 aromatic heterocycles. The fraction of sp³-hybridized carbons (Fsp3) is 0.833. The number of carbonyl (C=O) groups excluding carboxylic acids is 1. The maximum atomic E-state index is 13.2. The predicted molar refractivity (Wildman–Crippen MR) is 67.0 cm³/mol. The van der Waals surface area contributed by atoms with Crippen molar-refractivity contribution in [2.45, 2.75) is 56.5 Å². The summed E-state index contributed by atoms with van der Waals surface area (Å²) < 4.78 is 92.7. The highest BCUT2D eigenvalue weighted by Gasteiger charge is 2.76. The molecule has 0 aromatic rings. The summed E-state index contributed by atoms with van der Waals surface area (Å²) in [6.45, 7) is 1.50. The molecule has 6 nitrogen and oxygen atoms in total. The number of amides is 1. The minimum atomic E-state index is -6.73. The molecule has 1 amide bonds. The number of aliphatic hydroxyl groups is 1. The normalized spacial score (nSPS) is 15.6. The Labute approximate surface area is 136 Å². The Kier molecular flexibility index (Phi) is 8.08. The number of ether oxygens (including phenoxy) is 1. The van der Waals surface area contributed by atoms with Crippen LogP contribution in [-0.2, 0) is 14.3 Å². The number of nitrogens with one attached hydrogen (secondary N) is 1. The number of hydrogen-bond donors (Lipinski definition) is 3. The second-order valence-corrected chi connectivity index (χ2v) is 4.94. The fourth-order valence-electron chi connectivity index (χ4n) is 1.46. The molecular weight excluding hydrogens is 371 g/mol. The molecule has 0 aromatic carbocycles. The van der Waals surface area contributed by atoms with Gasteiger partial charge in [0, 0.05) is 6.61 Å². The van der Waals surface area contributed by atoms with E-state index in [1.165, 1.54) is 0 Å². The van der Waals surface area contributed by atoms with Crippen LogP contribution in [0.3, 0.4) is 0 Å². The maximum absolute atomic E-state index is 13.2. The lowest BCUT2D eigenvalue weighted by molar-refractivity contribution is -0.344. The number of carbonyl (C=O) groups is 2. The smallest absolute Gasteiger partial charge is 0.460 e. The zero-order valence-corrected chi connectivity index (χ0v) is 12.7. The first-order valence-electron chi connectivity index (χ1n) is 6.83. The SMILES string of the molecule is CCCCOC(O)C(CC(=O)O)NC(=O)C(F)(F)C(F)(F)C(F)(F)F. The molecule has 2 atom stereocenters. The Morgan fingerprint density at radius 3 is 2.04 bits per heavy atom. The first-order valence-corrected chi connectivity index (χ1v) is 6.83. The van der Waals surface area contributed by atoms with Crippen molar-refractivity contribution in [3.63, 3.8) is 0 Å². The zero-order chi connectivity index (χ0) is 20.1. The van der Waals surface area contributed by atoms with Crippen molar-refractivity contribution >= 4 is 11.9 Å². The summed E-state index contributed by atoms with van der Waals surface area (Å²) in [6.07, 6.45) is -9.30. The second kappa shape index (κ2) is 8.65. The summed E-state index contributed by atoms with van der Waals surface area (Å²) in [5.74, 6) is -17.8. The van der Waals surface area contributed by atoms with Gasteiger partial charge in [-0.2, -0.15) is 30.7 Å². The van der Waals surface area contributed by atoms with E-state index in [0.717, 1.165) is 5.32 Å². The van der Waals surface area contributed by atoms with Crippen molar-refractivity contribution in [1.82, 2.24) is 5.32 Å². The highest BCUT2D eigenvalue weighted by atomic mass is 19.4. The van der Waals surface area contributed by atoms with E-state index in [2.05, 4.69) is 4.74 Å². The maximum Gasteiger partial charge on any atom is 0.460 e. The molecule has 25 heavy (non-hydrogen) atoms. The molecule has 0 saturated carbocycles. The molecule has 0 aliphatic carbocycles. The van der Waals surface area contributed by atoms with Gasteiger partial charge in [-0.15, -0.1) is 0 Å². The Balaban J connectivity index is 5.27. The Bertz CT molecular complexity index is 469. The molecule has 0 spiro atoms. The van der Waals surface area contributed by atoms with Gasteiger partial charge in [0.2, 0.25) is 0 Å². The number of aliphatic carboxylic acids is 1. The van der Waals surface area contributed by atoms with Crippen LogP contribution in [0.15, 0.2) is 0 Å². The van der Waals surface area contributed by atoms with Crippen molar-refractivity contribution in [2.75, 3.05) is 6.61 Å². The van der Waals surface area contributed by atoms with E-state index >= 15 is 0 Å². The number of rotatable bonds is 10. The number of unbranched alkanes of at least 4 members (excludes halogenated alkanes) is 1. The van der Waals surface area contributed by atoms with Crippen LogP contribution in [0.1, 0.15) is 26.2 Å². The Morgan fingerprint density at radius 1 is 1.12 bits per heavy atom. The summed E-state index contributed by atoms with van der Waals surface area (Å²) >= 11 is 0. The highest BCUT2D eigenvalue weighted by molar-refractivity contribution is 5.85. The van der Waals surface area contributed by atoms with Crippen LogP contribution in [0.4, 0.5) is 30.7 Å². The van der Waals surface area contributed by atoms with Crippen LogP contribution < -0.4 is 5.32 Å². The minimum absolute atomic E-state index is 0.196. The van der Waals surface area contributed by atoms with Crippen molar-refractivity contribution < 1.29 is 55.3 Å². The first kappa shape index (κ1) is 23.4. The van der Waals surface area contributed by atoms with Crippen LogP contribution in [0.2, 0.25) is 0 Å². The molecule has 0 saturated heterocycles. The number of carboxylic acid groups (broad SMARTS) is 1. The van der Waals surface area contributed by atoms with Crippen LogP contribution in [0.25, 0.3) is 0 Å². The average Bonchev–Trinajstić information content (AvgIpc) is 2.44. The van der Waals surface area contributed by atoms with E-state index in [0.29, 0.717) is 12.8 Å². The third-order valence-corrected chi connectivity index (χ3v) is 2.88. The topological polar surface area (TPSA) is 95.9 Å². The molecule has 0 rings (SSSR count). The number of halogens is 7. The quantitative estimate of drug-likeness (QED) is 0.302. The third-order valence-electron chi connectivity index (χ3n) is 2.88. The molecule has 0 radical (unpaired) electrons. The zero-order valence-electron chi connectivity index (χ0n) is 12.7. The fourth-order valence-corrected chi connectivity index (χ4v) is 1.46. The number of aliphatic hydroxyl groups excluding tert-OH is 1. The molecule has 2 unspecified atom stereocenters. The first-order chi connectivity index (χ1) is 11.2. The lowest BCUT2D eigenvalue weighted by Gasteiger charge is -2.29. The second-order valence-electron chi connectivity index (χ2n) is 4.94. The van der Waals surface area contributed by atoms with Crippen LogP contribution in [-0.4, -0.2) is 59.0 Å². The van der Waals surface area contributed by atoms with Crippen molar-refractivity contribution in [1.29, 1.82) is 0 Å². The van der Waals surface area contributed by atoms with Gasteiger partial charge in [-0.3, -0.25) is 9.59 Å². The van der Waals surface area contributed by atoms with E-state index in [-0.39, 0.29) is 6.61 Å². The standard InChI is InChI=1S/C12H16F7NO5/c1-2-3-4-25-8(23)6(5-7(21)22)20-9(24)10(13,14)11(15,16)12(17,18)19/h6,8,23H,2-5H2,1H3,(H,20,24)(H,21,22). The molecule has 0 aliphatic heterocycles. The minimum Gasteiger partial charge on any atom is -0.481 e. The van der Waals surface area contributed by atoms with Gasteiger partial charge in [0.05, 0.1) is 12.5 Å². The molecule has 3 N–H and O–H groups in total. The Morgan fingerprint density at radius 2 is 1.64 bits per heavy atom. The summed E-state index contributed by atoms with van der Waals surface area (Å²) in [5.41, 5.74) is 0. The Hall–Kier alpha value is -1.63. The average molecular weight is 387 g/mol. The van der Waals surface area contributed by atoms with Crippen molar-refractivity contribution in [3.8, 4) is 0 Å². The van der Waals surface area contributed by atoms with Gasteiger partial charge in [0.25, 0.3) is 5.91 Å². The molecule has 148 valence electrons. The van der Waals surface area contributed by atoms with E-state index in [1.807, 2.05) is 0 Å². The van der Waals surface area contributed by atoms with Gasteiger partial charge in [-0.05, 0) is 6.42 Å². The van der Waals surface area contributed by atoms with Gasteiger partial charge in [0.15, 0.2) is 6.29 Å². The predicted octanol–water partition coefficient (Wildman–Crippen LogP) is 1.91. The molecule has 0 aliphatic rings. The van der Waals surface area contributed by atoms with Crippen LogP contribution in [0.5, 0.6) is 0 Å². The molecule has 0 heterocycles. The largest absolute Gasteiger partial charge is 0.481 e. The van der Waals surface area contributed by atoms with Crippen LogP contribution >= 0.6 is 0 Å². The van der Waals surface area contributed by atoms with Gasteiger partial charge < -0.3 is 20.3 Å². The van der Waals surface area contributed by atoms with Gasteiger partial charge in [0.1, 0.15) is 0 Å². The lowest BCUT2D eigenvalue weighted by Crippen LogP contribution is -2.62. The molecule has 13 heteroatoms. The summed E-state index contributed by atoms with van der Waals surface area (Å²) in [6, 6.07) is -2.17. The van der Waals surface area contributed by atoms with Gasteiger partial charge in [-0.1, -0.05) is 13.3 Å². The van der Waals surface area contributed by atoms with Crippen LogP contribution in [0, 0.1) is 0 Å². The highest BCUT2D eigenvalue weighted by Crippen LogP contribution is 2.46. The van der Waals surface area contributed by atoms with E-state index < -0.39 is 48.7 Å². The molecule has 0 bridgehead atoms. The summed E-state index contributed by atoms with van der Waals surface area (Å²) in [7, 11) is 0. The summed E-state index contributed by atoms with van der Waals surface area (Å²) in [5, 5.41) is 19.1. The third kappa shape index (κ3) is 5.99. The van der Waals surface area contributed by atoms with E-state index in [1.54, 1.807) is 6.92 Å². The summed E-state index contributed by atoms with van der Waals surface area (Å²) in [4.78, 5) is 21.8. The van der Waals surface area contributed by atoms with E-state index in [9.17, 15) is 45.4 Å². The number of carboxylic acids is 1. The van der Waals surface area contributed by atoms with E-state index in [4.69, 9.17) is 5.11 Å². The van der Waals surface area contributed by atoms with Gasteiger partial charge >= 0.3 is 24.0 Å². The monoisotopic (exact) mass is 387 g/mol. The number of alkyl halides is 7. The van der Waals surface area contributed by atoms with Gasteiger partial charge in [-0.25, -0.2) is 0 Å². The molecule has 0 fully saturated rings. The van der Waals surface area contributed by atoms with Crippen molar-refractivity contribution in [3.05, 3.63) is 0 Å². The van der Waals surface area contributed by atoms with Crippen molar-refractivity contribution in [2.24, 2.45) is 0 Å². The lowest BCUT2D eigenvalue weighted by atomic mass is 10.1.